The van der Waals surface area contributed by atoms with Crippen LogP contribution in [-0.2, 0) is 9.59 Å². The summed E-state index contributed by atoms with van der Waals surface area (Å²) in [6.45, 7) is 11.9. The van der Waals surface area contributed by atoms with E-state index >= 15 is 0 Å². The molecule has 144 valence electrons. The van der Waals surface area contributed by atoms with Crippen LogP contribution < -0.4 is 16.0 Å². The minimum atomic E-state index is -0.460. The topological polar surface area (TPSA) is 70.2 Å². The van der Waals surface area contributed by atoms with E-state index in [4.69, 9.17) is 0 Å². The first-order valence-electron chi connectivity index (χ1n) is 9.59. The van der Waals surface area contributed by atoms with Crippen LogP contribution in [-0.4, -0.2) is 24.9 Å². The number of hydrogen-bond acceptors (Lipinski definition) is 3. The summed E-state index contributed by atoms with van der Waals surface area (Å²) in [5, 5.41) is 9.31. The molecule has 26 heavy (non-hydrogen) atoms. The lowest BCUT2D eigenvalue weighted by molar-refractivity contribution is -0.123. The predicted molar refractivity (Wildman–Crippen MR) is 107 cm³/mol. The summed E-state index contributed by atoms with van der Waals surface area (Å²) in [6, 6.07) is 5.63. The maximum Gasteiger partial charge on any atom is 0.229 e. The van der Waals surface area contributed by atoms with Crippen molar-refractivity contribution in [3.8, 4) is 0 Å². The lowest BCUT2D eigenvalue weighted by atomic mass is 9.84. The number of amides is 2. The molecule has 1 aromatic rings. The van der Waals surface area contributed by atoms with Gasteiger partial charge in [0.15, 0.2) is 0 Å². The molecule has 1 unspecified atom stereocenters. The first kappa shape index (κ1) is 20.4. The van der Waals surface area contributed by atoms with Gasteiger partial charge < -0.3 is 16.0 Å². The summed E-state index contributed by atoms with van der Waals surface area (Å²) in [5.41, 5.74) is 2.00. The van der Waals surface area contributed by atoms with Gasteiger partial charge in [-0.05, 0) is 62.4 Å². The average Bonchev–Trinajstić information content (AvgIpc) is 2.57. The van der Waals surface area contributed by atoms with Crippen LogP contribution >= 0.6 is 0 Å². The molecule has 1 aliphatic heterocycles. The smallest absolute Gasteiger partial charge is 0.229 e. The maximum atomic E-state index is 12.5. The maximum absolute atomic E-state index is 12.5. The SMILES string of the molecule is Cc1ccc(NC(=O)C(C)(C)C)cc1NC(=O)CC(C)C1CCNCC1. The van der Waals surface area contributed by atoms with Gasteiger partial charge in [0.2, 0.25) is 11.8 Å². The highest BCUT2D eigenvalue weighted by Crippen LogP contribution is 2.26. The number of anilines is 2. The average molecular weight is 360 g/mol. The molecule has 5 heteroatoms. The van der Waals surface area contributed by atoms with Gasteiger partial charge >= 0.3 is 0 Å². The summed E-state index contributed by atoms with van der Waals surface area (Å²) >= 11 is 0. The van der Waals surface area contributed by atoms with E-state index in [0.29, 0.717) is 23.9 Å². The Labute approximate surface area is 157 Å². The van der Waals surface area contributed by atoms with Crippen LogP contribution in [0.5, 0.6) is 0 Å². The molecule has 0 spiro atoms. The number of rotatable bonds is 5. The molecular formula is C21H33N3O2. The Hall–Kier alpha value is -1.88. The van der Waals surface area contributed by atoms with Gasteiger partial charge in [-0.1, -0.05) is 33.8 Å². The second kappa shape index (κ2) is 8.67. The van der Waals surface area contributed by atoms with E-state index in [0.717, 1.165) is 37.2 Å². The molecule has 1 aromatic carbocycles. The number of nitrogens with one attached hydrogen (secondary N) is 3. The summed E-state index contributed by atoms with van der Waals surface area (Å²) < 4.78 is 0. The molecule has 5 nitrogen and oxygen atoms in total. The van der Waals surface area contributed by atoms with Gasteiger partial charge in [0.25, 0.3) is 0 Å². The van der Waals surface area contributed by atoms with E-state index in [-0.39, 0.29) is 11.8 Å². The van der Waals surface area contributed by atoms with Gasteiger partial charge in [-0.25, -0.2) is 0 Å². The highest BCUT2D eigenvalue weighted by molar-refractivity contribution is 5.96. The van der Waals surface area contributed by atoms with Crippen molar-refractivity contribution >= 4 is 23.2 Å². The second-order valence-corrected chi connectivity index (χ2v) is 8.55. The molecule has 3 N–H and O–H groups in total. The van der Waals surface area contributed by atoms with Crippen LogP contribution in [0.25, 0.3) is 0 Å². The number of carbonyl (C=O) groups excluding carboxylic acids is 2. The standard InChI is InChI=1S/C21H33N3O2/c1-14-6-7-17(23-20(26)21(3,4)5)13-18(14)24-19(25)12-15(2)16-8-10-22-11-9-16/h6-7,13,15-16,22H,8-12H2,1-5H3,(H,23,26)(H,24,25). The molecule has 0 aliphatic carbocycles. The Kier molecular flexibility index (Phi) is 6.81. The fraction of sp³-hybridized carbons (Fsp3) is 0.619. The first-order valence-corrected chi connectivity index (χ1v) is 9.59. The Morgan fingerprint density at radius 1 is 1.19 bits per heavy atom. The largest absolute Gasteiger partial charge is 0.326 e. The number of benzene rings is 1. The van der Waals surface area contributed by atoms with Crippen molar-refractivity contribution in [3.63, 3.8) is 0 Å². The molecule has 1 atom stereocenters. The van der Waals surface area contributed by atoms with E-state index in [1.807, 2.05) is 45.9 Å². The molecule has 0 radical (unpaired) electrons. The van der Waals surface area contributed by atoms with E-state index in [1.165, 1.54) is 0 Å². The molecular weight excluding hydrogens is 326 g/mol. The number of carbonyl (C=O) groups is 2. The number of aryl methyl sites for hydroxylation is 1. The van der Waals surface area contributed by atoms with E-state index < -0.39 is 5.41 Å². The summed E-state index contributed by atoms with van der Waals surface area (Å²) in [7, 11) is 0. The molecule has 1 fully saturated rings. The van der Waals surface area contributed by atoms with E-state index in [1.54, 1.807) is 0 Å². The molecule has 1 saturated heterocycles. The zero-order valence-electron chi connectivity index (χ0n) is 16.7. The van der Waals surface area contributed by atoms with Gasteiger partial charge in [-0.3, -0.25) is 9.59 Å². The molecule has 1 aliphatic rings. The third-order valence-electron chi connectivity index (χ3n) is 5.15. The van der Waals surface area contributed by atoms with Crippen molar-refractivity contribution < 1.29 is 9.59 Å². The molecule has 0 saturated carbocycles. The van der Waals surface area contributed by atoms with Gasteiger partial charge in [-0.15, -0.1) is 0 Å². The van der Waals surface area contributed by atoms with Crippen LogP contribution in [0.3, 0.4) is 0 Å². The third kappa shape index (κ3) is 5.84. The van der Waals surface area contributed by atoms with Crippen molar-refractivity contribution in [2.24, 2.45) is 17.3 Å². The summed E-state index contributed by atoms with van der Waals surface area (Å²) in [5.74, 6) is 0.985. The molecule has 2 rings (SSSR count). The number of piperidine rings is 1. The van der Waals surface area contributed by atoms with Gasteiger partial charge in [0.1, 0.15) is 0 Å². The van der Waals surface area contributed by atoms with Crippen molar-refractivity contribution in [3.05, 3.63) is 23.8 Å². The molecule has 1 heterocycles. The minimum absolute atomic E-state index is 0.0402. The zero-order chi connectivity index (χ0) is 19.3. The van der Waals surface area contributed by atoms with Crippen molar-refractivity contribution in [2.45, 2.75) is 53.9 Å². The lowest BCUT2D eigenvalue weighted by Gasteiger charge is -2.28. The van der Waals surface area contributed by atoms with Crippen molar-refractivity contribution in [2.75, 3.05) is 23.7 Å². The van der Waals surface area contributed by atoms with Gasteiger partial charge in [0.05, 0.1) is 0 Å². The summed E-state index contributed by atoms with van der Waals surface area (Å²) in [4.78, 5) is 24.7. The van der Waals surface area contributed by atoms with Crippen molar-refractivity contribution in [1.82, 2.24) is 5.32 Å². The Morgan fingerprint density at radius 2 is 1.85 bits per heavy atom. The lowest BCUT2D eigenvalue weighted by Crippen LogP contribution is -2.32. The molecule has 0 bridgehead atoms. The highest BCUT2D eigenvalue weighted by Gasteiger charge is 2.23. The zero-order valence-corrected chi connectivity index (χ0v) is 16.7. The third-order valence-corrected chi connectivity index (χ3v) is 5.15. The fourth-order valence-electron chi connectivity index (χ4n) is 3.23. The van der Waals surface area contributed by atoms with Crippen LogP contribution in [0.15, 0.2) is 18.2 Å². The fourth-order valence-corrected chi connectivity index (χ4v) is 3.23. The van der Waals surface area contributed by atoms with E-state index in [2.05, 4.69) is 22.9 Å². The Bertz CT molecular complexity index is 643. The first-order chi connectivity index (χ1) is 12.2. The molecule has 0 aromatic heterocycles. The monoisotopic (exact) mass is 359 g/mol. The minimum Gasteiger partial charge on any atom is -0.326 e. The van der Waals surface area contributed by atoms with Crippen molar-refractivity contribution in [1.29, 1.82) is 0 Å². The quantitative estimate of drug-likeness (QED) is 0.746. The van der Waals surface area contributed by atoms with Crippen LogP contribution in [0.4, 0.5) is 11.4 Å². The normalized spacial score (nSPS) is 16.8. The van der Waals surface area contributed by atoms with Crippen LogP contribution in [0.2, 0.25) is 0 Å². The number of hydrogen-bond donors (Lipinski definition) is 3. The Balaban J connectivity index is 1.98. The van der Waals surface area contributed by atoms with Crippen LogP contribution in [0.1, 0.15) is 52.5 Å². The second-order valence-electron chi connectivity index (χ2n) is 8.55. The predicted octanol–water partition coefficient (Wildman–Crippen LogP) is 3.94. The van der Waals surface area contributed by atoms with Gasteiger partial charge in [-0.2, -0.15) is 0 Å². The summed E-state index contributed by atoms with van der Waals surface area (Å²) in [6.07, 6.45) is 2.81. The van der Waals surface area contributed by atoms with E-state index in [9.17, 15) is 9.59 Å². The highest BCUT2D eigenvalue weighted by atomic mass is 16.2. The molecule has 2 amide bonds. The Morgan fingerprint density at radius 3 is 2.46 bits per heavy atom. The van der Waals surface area contributed by atoms with Gasteiger partial charge in [0, 0.05) is 23.2 Å². The van der Waals surface area contributed by atoms with Crippen LogP contribution in [0, 0.1) is 24.2 Å².